The number of hydrogen-bond acceptors (Lipinski definition) is 4. The minimum atomic E-state index is -2.88. The van der Waals surface area contributed by atoms with E-state index in [1.807, 2.05) is 0 Å². The van der Waals surface area contributed by atoms with Crippen molar-refractivity contribution in [3.05, 3.63) is 23.0 Å². The minimum absolute atomic E-state index is 0.150. The first-order valence-corrected chi connectivity index (χ1v) is 4.50. The van der Waals surface area contributed by atoms with Crippen LogP contribution in [0.3, 0.4) is 0 Å². The van der Waals surface area contributed by atoms with Crippen molar-refractivity contribution in [3.8, 4) is 5.75 Å². The Morgan fingerprint density at radius 2 is 2.25 bits per heavy atom. The van der Waals surface area contributed by atoms with Gasteiger partial charge in [-0.25, -0.2) is 13.8 Å². The van der Waals surface area contributed by atoms with Gasteiger partial charge in [-0.05, 0) is 18.6 Å². The molecule has 0 spiro atoms. The van der Waals surface area contributed by atoms with Crippen molar-refractivity contribution < 1.29 is 23.4 Å². The van der Waals surface area contributed by atoms with Crippen molar-refractivity contribution in [1.82, 2.24) is 4.98 Å². The molecule has 0 aromatic carbocycles. The molecule has 0 atom stereocenters. The molecule has 0 radical (unpaired) electrons. The first kappa shape index (κ1) is 12.4. The summed E-state index contributed by atoms with van der Waals surface area (Å²) in [4.78, 5) is 14.5. The van der Waals surface area contributed by atoms with E-state index in [0.29, 0.717) is 0 Å². The summed E-state index contributed by atoms with van der Waals surface area (Å²) in [5, 5.41) is 9.33. The molecule has 0 saturated heterocycles. The lowest BCUT2D eigenvalue weighted by atomic mass is 10.1. The monoisotopic (exact) mass is 231 g/mol. The minimum Gasteiger partial charge on any atom is -0.506 e. The van der Waals surface area contributed by atoms with Crippen LogP contribution in [0.2, 0.25) is 0 Å². The second-order valence-electron chi connectivity index (χ2n) is 3.22. The molecule has 6 heteroatoms. The van der Waals surface area contributed by atoms with Crippen molar-refractivity contribution in [2.75, 3.05) is 7.11 Å². The average Bonchev–Trinajstić information content (AvgIpc) is 2.22. The van der Waals surface area contributed by atoms with Gasteiger partial charge in [-0.3, -0.25) is 4.79 Å². The van der Waals surface area contributed by atoms with E-state index >= 15 is 0 Å². The zero-order valence-electron chi connectivity index (χ0n) is 8.83. The van der Waals surface area contributed by atoms with Crippen LogP contribution < -0.4 is 0 Å². The van der Waals surface area contributed by atoms with Crippen LogP contribution in [0.4, 0.5) is 8.78 Å². The van der Waals surface area contributed by atoms with E-state index in [9.17, 15) is 18.7 Å². The van der Waals surface area contributed by atoms with Crippen molar-refractivity contribution in [2.45, 2.75) is 19.8 Å². The Hall–Kier alpha value is -1.72. The van der Waals surface area contributed by atoms with E-state index in [-0.39, 0.29) is 17.7 Å². The second-order valence-corrected chi connectivity index (χ2v) is 3.22. The van der Waals surface area contributed by atoms with E-state index in [0.717, 1.165) is 0 Å². The number of ether oxygens (including phenoxy) is 1. The van der Waals surface area contributed by atoms with Gasteiger partial charge in [0.25, 0.3) is 6.43 Å². The van der Waals surface area contributed by atoms with Crippen molar-refractivity contribution in [3.63, 3.8) is 0 Å². The first-order chi connectivity index (χ1) is 7.45. The van der Waals surface area contributed by atoms with Gasteiger partial charge in [0.2, 0.25) is 0 Å². The van der Waals surface area contributed by atoms with Gasteiger partial charge in [0, 0.05) is 0 Å². The van der Waals surface area contributed by atoms with Crippen LogP contribution in [-0.4, -0.2) is 23.2 Å². The summed E-state index contributed by atoms with van der Waals surface area (Å²) < 4.78 is 29.3. The third-order valence-electron chi connectivity index (χ3n) is 2.02. The molecule has 16 heavy (non-hydrogen) atoms. The van der Waals surface area contributed by atoms with Gasteiger partial charge < -0.3 is 9.84 Å². The number of aromatic nitrogens is 1. The van der Waals surface area contributed by atoms with Crippen LogP contribution >= 0.6 is 0 Å². The van der Waals surface area contributed by atoms with Crippen LogP contribution in [0.15, 0.2) is 6.07 Å². The molecular weight excluding hydrogens is 220 g/mol. The number of hydrogen-bond donors (Lipinski definition) is 1. The maximum absolute atomic E-state index is 12.5. The van der Waals surface area contributed by atoms with E-state index in [1.54, 1.807) is 0 Å². The highest BCUT2D eigenvalue weighted by molar-refractivity contribution is 5.72. The summed E-state index contributed by atoms with van der Waals surface area (Å²) in [7, 11) is 1.20. The number of carbonyl (C=O) groups excluding carboxylic acids is 1. The maximum atomic E-state index is 12.5. The van der Waals surface area contributed by atoms with E-state index in [2.05, 4.69) is 9.72 Å². The molecule has 4 nitrogen and oxygen atoms in total. The van der Waals surface area contributed by atoms with Gasteiger partial charge in [-0.2, -0.15) is 0 Å². The number of nitrogens with zero attached hydrogens (tertiary/aromatic N) is 1. The Morgan fingerprint density at radius 3 is 2.75 bits per heavy atom. The van der Waals surface area contributed by atoms with Crippen molar-refractivity contribution in [1.29, 1.82) is 0 Å². The number of methoxy groups -OCH3 is 1. The van der Waals surface area contributed by atoms with Crippen LogP contribution in [0.1, 0.15) is 23.4 Å². The highest BCUT2D eigenvalue weighted by Crippen LogP contribution is 2.29. The molecule has 1 N–H and O–H groups in total. The molecule has 0 aliphatic heterocycles. The van der Waals surface area contributed by atoms with Gasteiger partial charge in [-0.15, -0.1) is 0 Å². The summed E-state index contributed by atoms with van der Waals surface area (Å²) in [6.45, 7) is 1.46. The standard InChI is InChI=1S/C10H11F2NO3/c1-5-3-6(4-7(14)16-2)13-8(9(5)15)10(11)12/h3,10,15H,4H2,1-2H3. The Kier molecular flexibility index (Phi) is 3.76. The smallest absolute Gasteiger partial charge is 0.311 e. The fraction of sp³-hybridized carbons (Fsp3) is 0.400. The fourth-order valence-electron chi connectivity index (χ4n) is 1.22. The Labute approximate surface area is 90.9 Å². The lowest BCUT2D eigenvalue weighted by Gasteiger charge is -2.08. The number of aromatic hydroxyl groups is 1. The van der Waals surface area contributed by atoms with Crippen LogP contribution in [0, 0.1) is 6.92 Å². The van der Waals surface area contributed by atoms with E-state index in [1.165, 1.54) is 20.1 Å². The Bertz CT molecular complexity index is 407. The highest BCUT2D eigenvalue weighted by Gasteiger charge is 2.18. The zero-order chi connectivity index (χ0) is 12.3. The summed E-state index contributed by atoms with van der Waals surface area (Å²) >= 11 is 0. The zero-order valence-corrected chi connectivity index (χ0v) is 8.83. The van der Waals surface area contributed by atoms with Gasteiger partial charge in [0.05, 0.1) is 19.2 Å². The molecule has 0 saturated carbocycles. The largest absolute Gasteiger partial charge is 0.506 e. The molecule has 0 unspecified atom stereocenters. The highest BCUT2D eigenvalue weighted by atomic mass is 19.3. The molecule has 1 aromatic heterocycles. The predicted molar refractivity (Wildman–Crippen MR) is 51.3 cm³/mol. The predicted octanol–water partition coefficient (Wildman–Crippen LogP) is 1.75. The molecule has 88 valence electrons. The summed E-state index contributed by atoms with van der Waals surface area (Å²) in [5.74, 6) is -1.11. The number of rotatable bonds is 3. The van der Waals surface area contributed by atoms with Gasteiger partial charge in [0.15, 0.2) is 0 Å². The van der Waals surface area contributed by atoms with Crippen LogP contribution in [0.5, 0.6) is 5.75 Å². The lowest BCUT2D eigenvalue weighted by Crippen LogP contribution is -2.08. The van der Waals surface area contributed by atoms with Gasteiger partial charge in [-0.1, -0.05) is 0 Å². The number of halogens is 2. The second kappa shape index (κ2) is 4.87. The third kappa shape index (κ3) is 2.65. The molecule has 0 aliphatic rings. The molecular formula is C10H11F2NO3. The van der Waals surface area contributed by atoms with Gasteiger partial charge in [0.1, 0.15) is 11.4 Å². The number of carbonyl (C=O) groups is 1. The lowest BCUT2D eigenvalue weighted by molar-refractivity contribution is -0.139. The summed E-state index contributed by atoms with van der Waals surface area (Å²) in [5.41, 5.74) is -0.305. The number of pyridine rings is 1. The van der Waals surface area contributed by atoms with Crippen LogP contribution in [-0.2, 0) is 16.0 Å². The summed E-state index contributed by atoms with van der Waals surface area (Å²) in [6, 6.07) is 1.37. The molecule has 0 fully saturated rings. The molecule has 0 aliphatic carbocycles. The Morgan fingerprint density at radius 1 is 1.62 bits per heavy atom. The van der Waals surface area contributed by atoms with Crippen molar-refractivity contribution >= 4 is 5.97 Å². The maximum Gasteiger partial charge on any atom is 0.311 e. The van der Waals surface area contributed by atoms with Crippen LogP contribution in [0.25, 0.3) is 0 Å². The normalized spacial score (nSPS) is 10.6. The molecule has 0 amide bonds. The fourth-order valence-corrected chi connectivity index (χ4v) is 1.22. The average molecular weight is 231 g/mol. The molecule has 1 rings (SSSR count). The summed E-state index contributed by atoms with van der Waals surface area (Å²) in [6.07, 6.45) is -3.08. The quantitative estimate of drug-likeness (QED) is 0.805. The van der Waals surface area contributed by atoms with E-state index in [4.69, 9.17) is 0 Å². The van der Waals surface area contributed by atoms with Crippen molar-refractivity contribution in [2.24, 2.45) is 0 Å². The third-order valence-corrected chi connectivity index (χ3v) is 2.02. The molecule has 1 aromatic rings. The molecule has 1 heterocycles. The number of alkyl halides is 2. The topological polar surface area (TPSA) is 59.4 Å². The van der Waals surface area contributed by atoms with Gasteiger partial charge >= 0.3 is 5.97 Å². The first-order valence-electron chi connectivity index (χ1n) is 4.50. The number of esters is 1. The number of aryl methyl sites for hydroxylation is 1. The SMILES string of the molecule is COC(=O)Cc1cc(C)c(O)c(C(F)F)n1. The molecule has 0 bridgehead atoms. The van der Waals surface area contributed by atoms with E-state index < -0.39 is 23.8 Å². The Balaban J connectivity index is 3.09.